The van der Waals surface area contributed by atoms with Crippen molar-refractivity contribution in [2.24, 2.45) is 0 Å². The minimum absolute atomic E-state index is 0.146. The Morgan fingerprint density at radius 3 is 2.07 bits per heavy atom. The fraction of sp³-hybridized carbons (Fsp3) is 0.130. The minimum atomic E-state index is -0.417. The van der Waals surface area contributed by atoms with Crippen LogP contribution in [0.1, 0.15) is 28.4 Å². The standard InChI is InChI=1S/C23H22N2O2S/c1-28-20-14-12-19(13-15-20)24-22(26)16-21(17-8-4-2-5-9-17)25-23(27)18-10-6-3-7-11-18/h2-15,21H,16H2,1H3,(H,24,26)(H,25,27)/t21-/m1/s1. The SMILES string of the molecule is CSc1ccc(NC(=O)C[C@@H](NC(=O)c2ccccc2)c2ccccc2)cc1. The molecule has 0 unspecified atom stereocenters. The van der Waals surface area contributed by atoms with Gasteiger partial charge in [0, 0.05) is 16.1 Å². The number of amides is 2. The van der Waals surface area contributed by atoms with Crippen molar-refractivity contribution in [3.8, 4) is 0 Å². The van der Waals surface area contributed by atoms with Gasteiger partial charge in [0.2, 0.25) is 5.91 Å². The number of rotatable bonds is 7. The summed E-state index contributed by atoms with van der Waals surface area (Å²) in [7, 11) is 0. The molecule has 0 saturated carbocycles. The maximum Gasteiger partial charge on any atom is 0.251 e. The van der Waals surface area contributed by atoms with Crippen molar-refractivity contribution in [3.63, 3.8) is 0 Å². The molecular weight excluding hydrogens is 368 g/mol. The van der Waals surface area contributed by atoms with Crippen molar-refractivity contribution >= 4 is 29.3 Å². The third-order valence-corrected chi connectivity index (χ3v) is 5.05. The first-order chi connectivity index (χ1) is 13.7. The molecule has 0 aliphatic heterocycles. The lowest BCUT2D eigenvalue weighted by atomic mass is 10.0. The molecule has 4 nitrogen and oxygen atoms in total. The summed E-state index contributed by atoms with van der Waals surface area (Å²) in [5, 5.41) is 5.89. The van der Waals surface area contributed by atoms with Gasteiger partial charge < -0.3 is 10.6 Å². The Kier molecular flexibility index (Phi) is 6.87. The smallest absolute Gasteiger partial charge is 0.251 e. The Hall–Kier alpha value is -3.05. The van der Waals surface area contributed by atoms with Gasteiger partial charge in [0.15, 0.2) is 0 Å². The normalized spacial score (nSPS) is 11.5. The summed E-state index contributed by atoms with van der Waals surface area (Å²) in [6, 6.07) is 25.8. The maximum atomic E-state index is 12.6. The van der Waals surface area contributed by atoms with Crippen molar-refractivity contribution in [2.45, 2.75) is 17.4 Å². The number of benzene rings is 3. The van der Waals surface area contributed by atoms with Crippen molar-refractivity contribution in [2.75, 3.05) is 11.6 Å². The van der Waals surface area contributed by atoms with Crippen LogP contribution < -0.4 is 10.6 Å². The molecule has 0 aromatic heterocycles. The average molecular weight is 391 g/mol. The van der Waals surface area contributed by atoms with Crippen LogP contribution in [0.5, 0.6) is 0 Å². The Labute approximate surface area is 169 Å². The van der Waals surface area contributed by atoms with Crippen LogP contribution in [0, 0.1) is 0 Å². The minimum Gasteiger partial charge on any atom is -0.345 e. The zero-order valence-electron chi connectivity index (χ0n) is 15.6. The molecule has 2 N–H and O–H groups in total. The first-order valence-electron chi connectivity index (χ1n) is 9.00. The van der Waals surface area contributed by atoms with Gasteiger partial charge in [0.05, 0.1) is 12.5 Å². The summed E-state index contributed by atoms with van der Waals surface area (Å²) in [5.74, 6) is -0.356. The summed E-state index contributed by atoms with van der Waals surface area (Å²) < 4.78 is 0. The molecule has 0 heterocycles. The van der Waals surface area contributed by atoms with Gasteiger partial charge in [-0.15, -0.1) is 11.8 Å². The number of hydrogen-bond acceptors (Lipinski definition) is 3. The van der Waals surface area contributed by atoms with E-state index >= 15 is 0 Å². The van der Waals surface area contributed by atoms with E-state index in [4.69, 9.17) is 0 Å². The predicted octanol–water partition coefficient (Wildman–Crippen LogP) is 4.91. The molecule has 142 valence electrons. The van der Waals surface area contributed by atoms with Crippen LogP contribution in [-0.4, -0.2) is 18.1 Å². The maximum absolute atomic E-state index is 12.6. The molecule has 28 heavy (non-hydrogen) atoms. The van der Waals surface area contributed by atoms with Crippen LogP contribution in [0.25, 0.3) is 0 Å². The van der Waals surface area contributed by atoms with E-state index in [0.717, 1.165) is 16.1 Å². The van der Waals surface area contributed by atoms with Crippen LogP contribution >= 0.6 is 11.8 Å². The van der Waals surface area contributed by atoms with Crippen LogP contribution in [0.15, 0.2) is 89.8 Å². The number of carbonyl (C=O) groups is 2. The number of anilines is 1. The Bertz CT molecular complexity index is 912. The molecule has 1 atom stereocenters. The zero-order valence-corrected chi connectivity index (χ0v) is 16.4. The highest BCUT2D eigenvalue weighted by atomic mass is 32.2. The molecule has 3 aromatic carbocycles. The van der Waals surface area contributed by atoms with Crippen molar-refractivity contribution in [1.82, 2.24) is 5.32 Å². The lowest BCUT2D eigenvalue weighted by Gasteiger charge is -2.19. The molecule has 0 saturated heterocycles. The topological polar surface area (TPSA) is 58.2 Å². The molecule has 3 aromatic rings. The lowest BCUT2D eigenvalue weighted by Crippen LogP contribution is -2.31. The second-order valence-electron chi connectivity index (χ2n) is 6.28. The van der Waals surface area contributed by atoms with Gasteiger partial charge in [-0.1, -0.05) is 48.5 Å². The van der Waals surface area contributed by atoms with E-state index < -0.39 is 6.04 Å². The second kappa shape index (κ2) is 9.76. The Morgan fingerprint density at radius 1 is 0.857 bits per heavy atom. The first kappa shape index (κ1) is 19.7. The van der Waals surface area contributed by atoms with Gasteiger partial charge in [-0.2, -0.15) is 0 Å². The van der Waals surface area contributed by atoms with Crippen LogP contribution in [0.2, 0.25) is 0 Å². The van der Waals surface area contributed by atoms with E-state index in [-0.39, 0.29) is 18.2 Å². The van der Waals surface area contributed by atoms with Crippen LogP contribution in [0.3, 0.4) is 0 Å². The lowest BCUT2D eigenvalue weighted by molar-refractivity contribution is -0.116. The van der Waals surface area contributed by atoms with Gasteiger partial charge >= 0.3 is 0 Å². The van der Waals surface area contributed by atoms with E-state index in [2.05, 4.69) is 10.6 Å². The van der Waals surface area contributed by atoms with E-state index in [9.17, 15) is 9.59 Å². The molecule has 0 aliphatic carbocycles. The van der Waals surface area contributed by atoms with E-state index in [1.807, 2.05) is 79.1 Å². The van der Waals surface area contributed by atoms with Gasteiger partial charge in [0.1, 0.15) is 0 Å². The highest BCUT2D eigenvalue weighted by molar-refractivity contribution is 7.98. The molecule has 5 heteroatoms. The van der Waals surface area contributed by atoms with Crippen molar-refractivity contribution in [1.29, 1.82) is 0 Å². The van der Waals surface area contributed by atoms with Gasteiger partial charge in [-0.25, -0.2) is 0 Å². The number of hydrogen-bond donors (Lipinski definition) is 2. The van der Waals surface area contributed by atoms with Crippen LogP contribution in [-0.2, 0) is 4.79 Å². The molecule has 0 radical (unpaired) electrons. The predicted molar refractivity (Wildman–Crippen MR) is 115 cm³/mol. The highest BCUT2D eigenvalue weighted by Gasteiger charge is 2.19. The molecule has 0 spiro atoms. The van der Waals surface area contributed by atoms with Crippen molar-refractivity contribution in [3.05, 3.63) is 96.1 Å². The summed E-state index contributed by atoms with van der Waals surface area (Å²) >= 11 is 1.65. The number of thioether (sulfide) groups is 1. The van der Waals surface area contributed by atoms with Crippen molar-refractivity contribution < 1.29 is 9.59 Å². The summed E-state index contributed by atoms with van der Waals surface area (Å²) in [4.78, 5) is 26.3. The zero-order chi connectivity index (χ0) is 19.8. The average Bonchev–Trinajstić information content (AvgIpc) is 2.75. The van der Waals surface area contributed by atoms with Gasteiger partial charge in [0.25, 0.3) is 5.91 Å². The Morgan fingerprint density at radius 2 is 1.46 bits per heavy atom. The van der Waals surface area contributed by atoms with E-state index in [1.54, 1.807) is 23.9 Å². The fourth-order valence-electron chi connectivity index (χ4n) is 2.84. The number of carbonyl (C=O) groups excluding carboxylic acids is 2. The molecule has 0 bridgehead atoms. The summed E-state index contributed by atoms with van der Waals surface area (Å²) in [6.45, 7) is 0. The molecular formula is C23H22N2O2S. The molecule has 0 fully saturated rings. The first-order valence-corrected chi connectivity index (χ1v) is 10.2. The largest absolute Gasteiger partial charge is 0.345 e. The van der Waals surface area contributed by atoms with Gasteiger partial charge in [-0.3, -0.25) is 9.59 Å². The number of nitrogens with one attached hydrogen (secondary N) is 2. The summed E-state index contributed by atoms with van der Waals surface area (Å²) in [5.41, 5.74) is 2.19. The third kappa shape index (κ3) is 5.47. The quantitative estimate of drug-likeness (QED) is 0.564. The summed E-state index contributed by atoms with van der Waals surface area (Å²) in [6.07, 6.45) is 2.15. The van der Waals surface area contributed by atoms with Crippen LogP contribution in [0.4, 0.5) is 5.69 Å². The highest BCUT2D eigenvalue weighted by Crippen LogP contribution is 2.20. The molecule has 3 rings (SSSR count). The Balaban J connectivity index is 1.71. The fourth-order valence-corrected chi connectivity index (χ4v) is 3.25. The molecule has 0 aliphatic rings. The monoisotopic (exact) mass is 390 g/mol. The second-order valence-corrected chi connectivity index (χ2v) is 7.16. The van der Waals surface area contributed by atoms with Gasteiger partial charge in [-0.05, 0) is 48.2 Å². The molecule has 2 amide bonds. The van der Waals surface area contributed by atoms with E-state index in [0.29, 0.717) is 5.56 Å². The van der Waals surface area contributed by atoms with E-state index in [1.165, 1.54) is 0 Å². The third-order valence-electron chi connectivity index (χ3n) is 4.31.